The van der Waals surface area contributed by atoms with Gasteiger partial charge >= 0.3 is 5.97 Å². The first-order chi connectivity index (χ1) is 14.4. The molecule has 8 nitrogen and oxygen atoms in total. The minimum atomic E-state index is -0.987. The van der Waals surface area contributed by atoms with E-state index in [1.165, 1.54) is 5.56 Å². The highest BCUT2D eigenvalue weighted by molar-refractivity contribution is 7.98. The number of tetrazole rings is 1. The van der Waals surface area contributed by atoms with Crippen molar-refractivity contribution in [3.63, 3.8) is 0 Å². The summed E-state index contributed by atoms with van der Waals surface area (Å²) in [7, 11) is 4.05. The van der Waals surface area contributed by atoms with E-state index in [2.05, 4.69) is 44.7 Å². The van der Waals surface area contributed by atoms with E-state index >= 15 is 0 Å². The van der Waals surface area contributed by atoms with Crippen molar-refractivity contribution in [2.45, 2.75) is 29.9 Å². The summed E-state index contributed by atoms with van der Waals surface area (Å²) in [6.07, 6.45) is 0.319. The summed E-state index contributed by atoms with van der Waals surface area (Å²) in [6.45, 7) is 1.64. The number of carboxylic acid groups (broad SMARTS) is 1. The Labute approximate surface area is 180 Å². The number of likely N-dealkylation sites (N-methyl/N-ethyl adjacent to an activating group) is 1. The molecule has 0 aliphatic carbocycles. The van der Waals surface area contributed by atoms with Gasteiger partial charge in [-0.05, 0) is 53.2 Å². The van der Waals surface area contributed by atoms with Gasteiger partial charge in [-0.2, -0.15) is 0 Å². The zero-order valence-corrected chi connectivity index (χ0v) is 17.9. The molecule has 0 saturated carbocycles. The molecule has 2 aromatic carbocycles. The van der Waals surface area contributed by atoms with Crippen molar-refractivity contribution in [1.82, 2.24) is 25.1 Å². The molecule has 0 spiro atoms. The number of carbonyl (C=O) groups is 1. The molecule has 0 amide bonds. The molecular formula is C21H26N6O2S. The van der Waals surface area contributed by atoms with Crippen molar-refractivity contribution in [2.24, 2.45) is 5.73 Å². The number of rotatable bonds is 10. The molecule has 0 saturated heterocycles. The zero-order valence-electron chi connectivity index (χ0n) is 17.1. The lowest BCUT2D eigenvalue weighted by molar-refractivity contribution is -0.138. The Hall–Kier alpha value is -2.75. The molecule has 3 rings (SSSR count). The molecule has 1 aromatic heterocycles. The van der Waals surface area contributed by atoms with Gasteiger partial charge < -0.3 is 15.7 Å². The van der Waals surface area contributed by atoms with Crippen molar-refractivity contribution in [2.75, 3.05) is 20.6 Å². The molecule has 0 aliphatic rings. The molecule has 30 heavy (non-hydrogen) atoms. The van der Waals surface area contributed by atoms with E-state index in [-0.39, 0.29) is 0 Å². The van der Waals surface area contributed by atoms with Gasteiger partial charge in [0.2, 0.25) is 5.16 Å². The van der Waals surface area contributed by atoms with Gasteiger partial charge in [-0.3, -0.25) is 4.79 Å². The second kappa shape index (κ2) is 10.3. The Morgan fingerprint density at radius 2 is 1.70 bits per heavy atom. The Bertz CT molecular complexity index is 956. The number of benzene rings is 2. The molecule has 3 N–H and O–H groups in total. The van der Waals surface area contributed by atoms with Crippen LogP contribution in [0.25, 0.3) is 11.1 Å². The summed E-state index contributed by atoms with van der Waals surface area (Å²) in [5.74, 6) is -0.200. The Morgan fingerprint density at radius 3 is 2.27 bits per heavy atom. The fourth-order valence-corrected chi connectivity index (χ4v) is 3.71. The van der Waals surface area contributed by atoms with Crippen LogP contribution < -0.4 is 5.73 Å². The number of hydrogen-bond acceptors (Lipinski definition) is 7. The highest BCUT2D eigenvalue weighted by atomic mass is 32.2. The lowest BCUT2D eigenvalue weighted by Gasteiger charge is -2.10. The number of aromatic nitrogens is 4. The zero-order chi connectivity index (χ0) is 21.5. The maximum Gasteiger partial charge on any atom is 0.320 e. The van der Waals surface area contributed by atoms with Gasteiger partial charge in [0.05, 0.1) is 6.54 Å². The molecule has 3 aromatic rings. The minimum absolute atomic E-state index is 0.319. The molecule has 1 unspecified atom stereocenters. The van der Waals surface area contributed by atoms with E-state index in [4.69, 9.17) is 10.8 Å². The van der Waals surface area contributed by atoms with Crippen LogP contribution in [0.3, 0.4) is 0 Å². The van der Waals surface area contributed by atoms with Gasteiger partial charge in [0.1, 0.15) is 6.04 Å². The molecule has 1 atom stereocenters. The summed E-state index contributed by atoms with van der Waals surface area (Å²) in [6, 6.07) is 15.3. The summed E-state index contributed by atoms with van der Waals surface area (Å²) < 4.78 is 1.83. The van der Waals surface area contributed by atoms with Gasteiger partial charge in [0.15, 0.2) is 0 Å². The number of thioether (sulfide) groups is 1. The van der Waals surface area contributed by atoms with Gasteiger partial charge in [0.25, 0.3) is 0 Å². The van der Waals surface area contributed by atoms with Crippen molar-refractivity contribution in [3.05, 3.63) is 59.7 Å². The van der Waals surface area contributed by atoms with Crippen LogP contribution in [-0.4, -0.2) is 62.9 Å². The summed E-state index contributed by atoms with van der Waals surface area (Å²) >= 11 is 1.62. The lowest BCUT2D eigenvalue weighted by atomic mass is 10.0. The average Bonchev–Trinajstić information content (AvgIpc) is 3.19. The van der Waals surface area contributed by atoms with Crippen molar-refractivity contribution in [3.8, 4) is 11.1 Å². The molecule has 1 heterocycles. The van der Waals surface area contributed by atoms with Crippen molar-refractivity contribution < 1.29 is 9.90 Å². The first-order valence-corrected chi connectivity index (χ1v) is 10.6. The van der Waals surface area contributed by atoms with Gasteiger partial charge in [-0.1, -0.05) is 60.3 Å². The lowest BCUT2D eigenvalue weighted by Crippen LogP contribution is -2.32. The fraction of sp³-hybridized carbons (Fsp3) is 0.333. The van der Waals surface area contributed by atoms with E-state index in [1.807, 2.05) is 43.0 Å². The van der Waals surface area contributed by atoms with Crippen LogP contribution in [0.4, 0.5) is 0 Å². The van der Waals surface area contributed by atoms with Crippen LogP contribution in [0.15, 0.2) is 53.7 Å². The van der Waals surface area contributed by atoms with E-state index in [1.54, 1.807) is 11.8 Å². The van der Waals surface area contributed by atoms with Gasteiger partial charge in [0, 0.05) is 12.3 Å². The maximum atomic E-state index is 10.9. The van der Waals surface area contributed by atoms with E-state index < -0.39 is 12.0 Å². The smallest absolute Gasteiger partial charge is 0.320 e. The number of hydrogen-bond donors (Lipinski definition) is 2. The highest BCUT2D eigenvalue weighted by Crippen LogP contribution is 2.24. The Morgan fingerprint density at radius 1 is 1.10 bits per heavy atom. The van der Waals surface area contributed by atoms with Crippen LogP contribution in [0.1, 0.15) is 11.1 Å². The van der Waals surface area contributed by atoms with Crippen LogP contribution in [0.2, 0.25) is 0 Å². The van der Waals surface area contributed by atoms with Crippen LogP contribution >= 0.6 is 11.8 Å². The van der Waals surface area contributed by atoms with Crippen LogP contribution in [0.5, 0.6) is 0 Å². The number of nitrogens with two attached hydrogens (primary N) is 1. The molecule has 158 valence electrons. The molecule has 9 heteroatoms. The Balaban J connectivity index is 1.58. The largest absolute Gasteiger partial charge is 0.480 e. The quantitative estimate of drug-likeness (QED) is 0.475. The van der Waals surface area contributed by atoms with Crippen molar-refractivity contribution in [1.29, 1.82) is 0 Å². The van der Waals surface area contributed by atoms with E-state index in [0.29, 0.717) is 6.42 Å². The highest BCUT2D eigenvalue weighted by Gasteiger charge is 2.12. The molecular weight excluding hydrogens is 400 g/mol. The topological polar surface area (TPSA) is 110 Å². The molecule has 0 aliphatic heterocycles. The third-order valence-electron chi connectivity index (χ3n) is 4.64. The first kappa shape index (κ1) is 21.9. The summed E-state index contributed by atoms with van der Waals surface area (Å²) in [4.78, 5) is 13.0. The molecule has 0 bridgehead atoms. The third kappa shape index (κ3) is 6.12. The summed E-state index contributed by atoms with van der Waals surface area (Å²) in [5.41, 5.74) is 9.88. The number of carboxylic acids is 1. The predicted molar refractivity (Wildman–Crippen MR) is 117 cm³/mol. The van der Waals surface area contributed by atoms with Crippen molar-refractivity contribution >= 4 is 17.7 Å². The second-order valence-corrected chi connectivity index (χ2v) is 8.26. The summed E-state index contributed by atoms with van der Waals surface area (Å²) in [5, 5.41) is 21.7. The number of nitrogens with zero attached hydrogens (tertiary/aromatic N) is 5. The second-order valence-electron chi connectivity index (χ2n) is 7.32. The normalized spacial score (nSPS) is 12.3. The van der Waals surface area contributed by atoms with Gasteiger partial charge in [-0.25, -0.2) is 4.68 Å². The molecule has 0 radical (unpaired) electrons. The average molecular weight is 427 g/mol. The standard InChI is InChI=1S/C21H26N6O2S/c1-26(2)11-12-27-21(23-24-25-27)30-14-16-5-9-18(10-6-16)17-7-3-15(4-8-17)13-19(22)20(28)29/h3-10,19H,11-14,22H2,1-2H3,(H,28,29). The predicted octanol–water partition coefficient (Wildman–Crippen LogP) is 2.15. The third-order valence-corrected chi connectivity index (χ3v) is 5.67. The maximum absolute atomic E-state index is 10.9. The first-order valence-electron chi connectivity index (χ1n) is 9.62. The number of aliphatic carboxylic acids is 1. The van der Waals surface area contributed by atoms with Gasteiger partial charge in [-0.15, -0.1) is 5.10 Å². The van der Waals surface area contributed by atoms with Crippen LogP contribution in [-0.2, 0) is 23.5 Å². The fourth-order valence-electron chi connectivity index (χ4n) is 2.85. The minimum Gasteiger partial charge on any atom is -0.480 e. The van der Waals surface area contributed by atoms with E-state index in [9.17, 15) is 4.79 Å². The van der Waals surface area contributed by atoms with Crippen LogP contribution in [0, 0.1) is 0 Å². The molecule has 0 fully saturated rings. The SMILES string of the molecule is CN(C)CCn1nnnc1SCc1ccc(-c2ccc(CC(N)C(=O)O)cc2)cc1. The Kier molecular flexibility index (Phi) is 7.56. The monoisotopic (exact) mass is 426 g/mol. The van der Waals surface area contributed by atoms with E-state index in [0.717, 1.165) is 40.7 Å².